The number of hydrogen-bond acceptors (Lipinski definition) is 3. The lowest BCUT2D eigenvalue weighted by Crippen LogP contribution is -2.27. The summed E-state index contributed by atoms with van der Waals surface area (Å²) in [4.78, 5) is 4.83. The van der Waals surface area contributed by atoms with Gasteiger partial charge >= 0.3 is 0 Å². The summed E-state index contributed by atoms with van der Waals surface area (Å²) in [6.45, 7) is 5.47. The number of nitrogens with zero attached hydrogens (tertiary/aromatic N) is 1. The van der Waals surface area contributed by atoms with E-state index in [9.17, 15) is 0 Å². The molecule has 1 unspecified atom stereocenters. The first kappa shape index (κ1) is 15.7. The van der Waals surface area contributed by atoms with Crippen LogP contribution in [0.5, 0.6) is 0 Å². The minimum Gasteiger partial charge on any atom is -0.314 e. The van der Waals surface area contributed by atoms with Crippen molar-refractivity contribution in [1.82, 2.24) is 10.3 Å². The molecule has 1 aliphatic carbocycles. The molecule has 0 radical (unpaired) electrons. The van der Waals surface area contributed by atoms with Gasteiger partial charge < -0.3 is 5.32 Å². The molecule has 118 valence electrons. The van der Waals surface area contributed by atoms with Gasteiger partial charge in [-0.3, -0.25) is 0 Å². The quantitative estimate of drug-likeness (QED) is 0.841. The molecule has 1 atom stereocenters. The zero-order valence-corrected chi connectivity index (χ0v) is 14.5. The molecule has 0 spiro atoms. The molecule has 1 N–H and O–H groups in total. The van der Waals surface area contributed by atoms with E-state index in [1.165, 1.54) is 48.2 Å². The molecule has 1 heterocycles. The topological polar surface area (TPSA) is 24.9 Å². The summed E-state index contributed by atoms with van der Waals surface area (Å²) in [5, 5.41) is 6.99. The van der Waals surface area contributed by atoms with Crippen LogP contribution in [0.4, 0.5) is 0 Å². The van der Waals surface area contributed by atoms with Crippen molar-refractivity contribution in [3.05, 3.63) is 39.7 Å². The molecule has 0 saturated heterocycles. The van der Waals surface area contributed by atoms with Gasteiger partial charge in [0.25, 0.3) is 0 Å². The molecule has 3 rings (SSSR count). The molecule has 0 fully saturated rings. The van der Waals surface area contributed by atoms with Gasteiger partial charge in [-0.2, -0.15) is 0 Å². The summed E-state index contributed by atoms with van der Waals surface area (Å²) in [7, 11) is 0. The highest BCUT2D eigenvalue weighted by atomic mass is 32.1. The average molecular weight is 314 g/mol. The molecule has 0 bridgehead atoms. The van der Waals surface area contributed by atoms with Gasteiger partial charge in [-0.15, -0.1) is 11.3 Å². The van der Waals surface area contributed by atoms with Gasteiger partial charge in [0, 0.05) is 30.0 Å². The number of thiazole rings is 1. The van der Waals surface area contributed by atoms with Crippen LogP contribution in [0.1, 0.15) is 49.2 Å². The van der Waals surface area contributed by atoms with E-state index in [0.717, 1.165) is 18.7 Å². The van der Waals surface area contributed by atoms with Crippen LogP contribution in [0.3, 0.4) is 0 Å². The zero-order valence-electron chi connectivity index (χ0n) is 13.7. The molecule has 0 aliphatic heterocycles. The van der Waals surface area contributed by atoms with Crippen LogP contribution in [0, 0.1) is 0 Å². The summed E-state index contributed by atoms with van der Waals surface area (Å²) in [6, 6.07) is 7.53. The van der Waals surface area contributed by atoms with E-state index in [0.29, 0.717) is 6.04 Å². The second kappa shape index (κ2) is 7.38. The van der Waals surface area contributed by atoms with E-state index in [2.05, 4.69) is 42.7 Å². The maximum Gasteiger partial charge on any atom is 0.0945 e. The first-order valence-electron chi connectivity index (χ1n) is 8.56. The third-order valence-corrected chi connectivity index (χ3v) is 5.55. The molecule has 2 nitrogen and oxygen atoms in total. The van der Waals surface area contributed by atoms with Gasteiger partial charge in [0.15, 0.2) is 0 Å². The second-order valence-electron chi connectivity index (χ2n) is 6.33. The summed E-state index contributed by atoms with van der Waals surface area (Å²) in [6.07, 6.45) is 7.37. The Morgan fingerprint density at radius 1 is 1.23 bits per heavy atom. The lowest BCUT2D eigenvalue weighted by Gasteiger charge is -2.16. The summed E-state index contributed by atoms with van der Waals surface area (Å²) in [5.41, 5.74) is 5.52. The van der Waals surface area contributed by atoms with Crippen molar-refractivity contribution >= 4 is 11.3 Å². The highest BCUT2D eigenvalue weighted by molar-refractivity contribution is 7.09. The molecule has 1 aromatic carbocycles. The maximum absolute atomic E-state index is 4.83. The lowest BCUT2D eigenvalue weighted by molar-refractivity contribution is 0.537. The molecule has 0 saturated carbocycles. The number of rotatable bonds is 6. The van der Waals surface area contributed by atoms with Crippen LogP contribution >= 0.6 is 11.3 Å². The van der Waals surface area contributed by atoms with Crippen LogP contribution in [-0.2, 0) is 19.3 Å². The van der Waals surface area contributed by atoms with Crippen molar-refractivity contribution in [1.29, 1.82) is 0 Å². The molecule has 3 heteroatoms. The number of nitrogens with one attached hydrogen (secondary N) is 1. The molecule has 2 aromatic rings. The molecular weight excluding hydrogens is 288 g/mol. The van der Waals surface area contributed by atoms with E-state index in [1.807, 2.05) is 0 Å². The number of hydrogen-bond donors (Lipinski definition) is 1. The van der Waals surface area contributed by atoms with E-state index in [1.54, 1.807) is 16.9 Å². The third kappa shape index (κ3) is 3.76. The van der Waals surface area contributed by atoms with Crippen molar-refractivity contribution in [3.63, 3.8) is 0 Å². The Balaban J connectivity index is 1.66. The zero-order chi connectivity index (χ0) is 15.4. The Labute approximate surface area is 138 Å². The largest absolute Gasteiger partial charge is 0.314 e. The average Bonchev–Trinajstić information content (AvgIpc) is 3.03. The Bertz CT molecular complexity index is 618. The maximum atomic E-state index is 4.83. The van der Waals surface area contributed by atoms with Crippen LogP contribution in [0.2, 0.25) is 0 Å². The van der Waals surface area contributed by atoms with Crippen molar-refractivity contribution in [2.75, 3.05) is 6.54 Å². The Morgan fingerprint density at radius 3 is 2.86 bits per heavy atom. The van der Waals surface area contributed by atoms with E-state index in [-0.39, 0.29) is 0 Å². The minimum absolute atomic E-state index is 0.597. The summed E-state index contributed by atoms with van der Waals surface area (Å²) < 4.78 is 0. The fraction of sp³-hybridized carbons (Fsp3) is 0.526. The van der Waals surface area contributed by atoms with Crippen molar-refractivity contribution < 1.29 is 0 Å². The van der Waals surface area contributed by atoms with Crippen LogP contribution < -0.4 is 5.32 Å². The fourth-order valence-corrected chi connectivity index (χ4v) is 3.83. The van der Waals surface area contributed by atoms with Gasteiger partial charge in [0.2, 0.25) is 0 Å². The monoisotopic (exact) mass is 314 g/mol. The van der Waals surface area contributed by atoms with E-state index < -0.39 is 0 Å². The fourth-order valence-electron chi connectivity index (χ4n) is 3.02. The number of fused-ring (bicyclic) bond motifs is 1. The molecule has 1 aromatic heterocycles. The van der Waals surface area contributed by atoms with Crippen molar-refractivity contribution in [2.45, 2.75) is 58.4 Å². The SMILES string of the molecule is CCC(C)NCCc1nc(-c2ccc3c(c2)CCCC3)cs1. The van der Waals surface area contributed by atoms with Crippen molar-refractivity contribution in [2.24, 2.45) is 0 Å². The highest BCUT2D eigenvalue weighted by Gasteiger charge is 2.11. The lowest BCUT2D eigenvalue weighted by atomic mass is 9.90. The number of benzene rings is 1. The minimum atomic E-state index is 0.597. The van der Waals surface area contributed by atoms with Gasteiger partial charge in [0.05, 0.1) is 10.7 Å². The first-order valence-corrected chi connectivity index (χ1v) is 9.44. The standard InChI is InChI=1S/C19H26N2S/c1-3-14(2)20-11-10-19-21-18(13-22-19)17-9-8-15-6-4-5-7-16(15)12-17/h8-9,12-14,20H,3-7,10-11H2,1-2H3. The molecule has 0 amide bonds. The summed E-state index contributed by atoms with van der Waals surface area (Å²) >= 11 is 1.79. The highest BCUT2D eigenvalue weighted by Crippen LogP contribution is 2.28. The van der Waals surface area contributed by atoms with Gasteiger partial charge in [0.1, 0.15) is 0 Å². The Hall–Kier alpha value is -1.19. The van der Waals surface area contributed by atoms with Gasteiger partial charge in [-0.1, -0.05) is 19.1 Å². The van der Waals surface area contributed by atoms with Crippen molar-refractivity contribution in [3.8, 4) is 11.3 Å². The predicted octanol–water partition coefficient (Wildman–Crippen LogP) is 4.62. The smallest absolute Gasteiger partial charge is 0.0945 e. The number of aromatic nitrogens is 1. The van der Waals surface area contributed by atoms with Crippen LogP contribution in [0.15, 0.2) is 23.6 Å². The predicted molar refractivity (Wildman–Crippen MR) is 95.7 cm³/mol. The second-order valence-corrected chi connectivity index (χ2v) is 7.27. The normalized spacial score (nSPS) is 15.5. The van der Waals surface area contributed by atoms with E-state index >= 15 is 0 Å². The molecule has 1 aliphatic rings. The van der Waals surface area contributed by atoms with Gasteiger partial charge in [-0.25, -0.2) is 4.98 Å². The van der Waals surface area contributed by atoms with E-state index in [4.69, 9.17) is 4.98 Å². The van der Waals surface area contributed by atoms with Crippen LogP contribution in [0.25, 0.3) is 11.3 Å². The Kier molecular flexibility index (Phi) is 5.27. The van der Waals surface area contributed by atoms with Gasteiger partial charge in [-0.05, 0) is 56.2 Å². The molecule has 22 heavy (non-hydrogen) atoms. The third-order valence-electron chi connectivity index (χ3n) is 4.64. The summed E-state index contributed by atoms with van der Waals surface area (Å²) in [5.74, 6) is 0. The molecular formula is C19H26N2S. The first-order chi connectivity index (χ1) is 10.8. The van der Waals surface area contributed by atoms with Crippen LogP contribution in [-0.4, -0.2) is 17.6 Å². The number of aryl methyl sites for hydroxylation is 2. The Morgan fingerprint density at radius 2 is 2.05 bits per heavy atom.